The van der Waals surface area contributed by atoms with Crippen molar-refractivity contribution in [3.05, 3.63) is 163 Å². The summed E-state index contributed by atoms with van der Waals surface area (Å²) in [6.45, 7) is 0. The van der Waals surface area contributed by atoms with Crippen molar-refractivity contribution < 1.29 is 4.42 Å². The maximum Gasteiger partial charge on any atom is 0.145 e. The molecule has 1 aliphatic carbocycles. The van der Waals surface area contributed by atoms with E-state index in [1.54, 1.807) is 0 Å². The predicted octanol–water partition coefficient (Wildman–Crippen LogP) is 11.6. The summed E-state index contributed by atoms with van der Waals surface area (Å²) in [5.41, 5.74) is 12.5. The molecule has 0 spiro atoms. The fourth-order valence-corrected chi connectivity index (χ4v) is 7.03. The lowest BCUT2D eigenvalue weighted by Crippen LogP contribution is -2.12. The van der Waals surface area contributed by atoms with Gasteiger partial charge in [-0.2, -0.15) is 0 Å². The summed E-state index contributed by atoms with van der Waals surface area (Å²) in [4.78, 5) is 2.40. The van der Waals surface area contributed by atoms with Gasteiger partial charge in [0, 0.05) is 39.1 Å². The van der Waals surface area contributed by atoms with Crippen LogP contribution in [0.15, 0.2) is 156 Å². The van der Waals surface area contributed by atoms with Crippen LogP contribution >= 0.6 is 0 Å². The number of furan rings is 1. The molecule has 0 fully saturated rings. The van der Waals surface area contributed by atoms with Gasteiger partial charge in [0.15, 0.2) is 0 Å². The topological polar surface area (TPSA) is 21.3 Å². The van der Waals surface area contributed by atoms with Gasteiger partial charge in [0.1, 0.15) is 11.2 Å². The first kappa shape index (κ1) is 25.7. The van der Waals surface area contributed by atoms with Gasteiger partial charge in [0.2, 0.25) is 0 Å². The SMILES string of the molecule is C1=Cc2c(n(-c3ccc(-c4ccccc4)cc3)c3c(N(c4ccccc4)c4ccccc4)cc4c5ccccc5oc4c23)CC1. The Bertz CT molecular complexity index is 2310. The molecule has 0 saturated heterocycles. The van der Waals surface area contributed by atoms with Crippen LogP contribution in [-0.2, 0) is 6.42 Å². The summed E-state index contributed by atoms with van der Waals surface area (Å²) in [5, 5.41) is 3.42. The third-order valence-electron chi connectivity index (χ3n) is 9.03. The Labute approximate surface area is 261 Å². The smallest absolute Gasteiger partial charge is 0.145 e. The average Bonchev–Trinajstić information content (AvgIpc) is 3.66. The van der Waals surface area contributed by atoms with Crippen LogP contribution in [0.1, 0.15) is 17.7 Å². The molecule has 0 N–H and O–H groups in total. The Hall–Kier alpha value is -5.80. The highest BCUT2D eigenvalue weighted by atomic mass is 16.3. The second kappa shape index (κ2) is 10.4. The normalized spacial score (nSPS) is 12.6. The first-order valence-electron chi connectivity index (χ1n) is 15.6. The van der Waals surface area contributed by atoms with Gasteiger partial charge in [-0.25, -0.2) is 0 Å². The molecule has 2 heterocycles. The molecular formula is C42H30N2O. The maximum absolute atomic E-state index is 6.74. The summed E-state index contributed by atoms with van der Waals surface area (Å²) in [6.07, 6.45) is 6.57. The maximum atomic E-state index is 6.74. The van der Waals surface area contributed by atoms with Crippen molar-refractivity contribution in [1.29, 1.82) is 0 Å². The molecule has 0 radical (unpaired) electrons. The van der Waals surface area contributed by atoms with E-state index in [2.05, 4.69) is 167 Å². The summed E-state index contributed by atoms with van der Waals surface area (Å²) >= 11 is 0. The van der Waals surface area contributed by atoms with Crippen LogP contribution in [0.3, 0.4) is 0 Å². The minimum Gasteiger partial charge on any atom is -0.455 e. The van der Waals surface area contributed by atoms with Gasteiger partial charge in [-0.3, -0.25) is 0 Å². The molecule has 2 aromatic heterocycles. The zero-order valence-electron chi connectivity index (χ0n) is 24.7. The molecule has 3 heteroatoms. The minimum atomic E-state index is 0.908. The first-order chi connectivity index (χ1) is 22.3. The zero-order chi connectivity index (χ0) is 29.7. The monoisotopic (exact) mass is 578 g/mol. The average molecular weight is 579 g/mol. The quantitative estimate of drug-likeness (QED) is 0.203. The third kappa shape index (κ3) is 4.12. The van der Waals surface area contributed by atoms with E-state index < -0.39 is 0 Å². The van der Waals surface area contributed by atoms with Gasteiger partial charge in [-0.1, -0.05) is 109 Å². The van der Waals surface area contributed by atoms with Crippen molar-refractivity contribution in [3.8, 4) is 16.8 Å². The van der Waals surface area contributed by atoms with E-state index in [1.165, 1.54) is 22.4 Å². The largest absolute Gasteiger partial charge is 0.455 e. The number of fused-ring (bicyclic) bond motifs is 7. The molecular weight excluding hydrogens is 548 g/mol. The Balaban J connectivity index is 1.42. The molecule has 6 aromatic carbocycles. The predicted molar refractivity (Wildman–Crippen MR) is 188 cm³/mol. The second-order valence-corrected chi connectivity index (χ2v) is 11.7. The third-order valence-corrected chi connectivity index (χ3v) is 9.03. The van der Waals surface area contributed by atoms with E-state index in [-0.39, 0.29) is 0 Å². The highest BCUT2D eigenvalue weighted by Gasteiger charge is 2.28. The number of aromatic nitrogens is 1. The number of allylic oxidation sites excluding steroid dienone is 1. The van der Waals surface area contributed by atoms with Crippen molar-refractivity contribution in [2.45, 2.75) is 12.8 Å². The van der Waals surface area contributed by atoms with E-state index in [9.17, 15) is 0 Å². The number of benzene rings is 6. The zero-order valence-corrected chi connectivity index (χ0v) is 24.7. The fourth-order valence-electron chi connectivity index (χ4n) is 7.03. The second-order valence-electron chi connectivity index (χ2n) is 11.7. The first-order valence-corrected chi connectivity index (χ1v) is 15.6. The van der Waals surface area contributed by atoms with Gasteiger partial charge in [0.25, 0.3) is 0 Å². The summed E-state index contributed by atoms with van der Waals surface area (Å²) < 4.78 is 9.23. The Morgan fingerprint density at radius 3 is 1.93 bits per heavy atom. The van der Waals surface area contributed by atoms with Gasteiger partial charge >= 0.3 is 0 Å². The standard InChI is InChI=1S/C42H30N2O/c1-4-14-29(15-5-1)30-24-26-33(27-25-30)44-37-22-12-10-21-35(37)40-41(44)38(28-36-34-20-11-13-23-39(34)45-42(36)40)43(31-16-6-2-7-17-31)32-18-8-3-9-19-32/h1-11,13-21,23-28H,12,22H2. The summed E-state index contributed by atoms with van der Waals surface area (Å²) in [5.74, 6) is 0. The van der Waals surface area contributed by atoms with Crippen LogP contribution < -0.4 is 4.90 Å². The molecule has 1 aliphatic rings. The molecule has 8 aromatic rings. The number of nitrogens with zero attached hydrogens (tertiary/aromatic N) is 2. The van der Waals surface area contributed by atoms with E-state index in [0.29, 0.717) is 0 Å². The summed E-state index contributed by atoms with van der Waals surface area (Å²) in [7, 11) is 0. The van der Waals surface area contributed by atoms with Crippen LogP contribution in [-0.4, -0.2) is 4.57 Å². The molecule has 0 unspecified atom stereocenters. The van der Waals surface area contributed by atoms with Crippen molar-refractivity contribution in [1.82, 2.24) is 4.57 Å². The summed E-state index contributed by atoms with van der Waals surface area (Å²) in [6, 6.07) is 51.7. The molecule has 0 bridgehead atoms. The minimum absolute atomic E-state index is 0.908. The number of para-hydroxylation sites is 3. The van der Waals surface area contributed by atoms with Crippen molar-refractivity contribution >= 4 is 56.0 Å². The number of hydrogen-bond acceptors (Lipinski definition) is 2. The highest BCUT2D eigenvalue weighted by molar-refractivity contribution is 6.22. The van der Waals surface area contributed by atoms with E-state index in [1.807, 2.05) is 0 Å². The van der Waals surface area contributed by atoms with E-state index in [0.717, 1.165) is 68.4 Å². The van der Waals surface area contributed by atoms with Crippen molar-refractivity contribution in [2.75, 3.05) is 4.90 Å². The van der Waals surface area contributed by atoms with Crippen LogP contribution in [0, 0.1) is 0 Å². The number of hydrogen-bond donors (Lipinski definition) is 0. The van der Waals surface area contributed by atoms with Gasteiger partial charge in [0.05, 0.1) is 16.6 Å². The van der Waals surface area contributed by atoms with Crippen molar-refractivity contribution in [2.24, 2.45) is 0 Å². The molecule has 0 atom stereocenters. The van der Waals surface area contributed by atoms with E-state index in [4.69, 9.17) is 4.42 Å². The molecule has 45 heavy (non-hydrogen) atoms. The van der Waals surface area contributed by atoms with Crippen LogP contribution in [0.5, 0.6) is 0 Å². The molecule has 0 amide bonds. The van der Waals surface area contributed by atoms with Crippen LogP contribution in [0.25, 0.3) is 55.7 Å². The Morgan fingerprint density at radius 2 is 1.22 bits per heavy atom. The van der Waals surface area contributed by atoms with Crippen LogP contribution in [0.2, 0.25) is 0 Å². The van der Waals surface area contributed by atoms with E-state index >= 15 is 0 Å². The lowest BCUT2D eigenvalue weighted by Gasteiger charge is -2.27. The molecule has 214 valence electrons. The van der Waals surface area contributed by atoms with Gasteiger partial charge in [-0.05, 0) is 72.5 Å². The van der Waals surface area contributed by atoms with Gasteiger partial charge in [-0.15, -0.1) is 0 Å². The Kier molecular flexibility index (Phi) is 5.95. The lowest BCUT2D eigenvalue weighted by atomic mass is 9.99. The molecule has 9 rings (SSSR count). The number of anilines is 3. The Morgan fingerprint density at radius 1 is 0.600 bits per heavy atom. The fraction of sp³-hybridized carbons (Fsp3) is 0.0476. The van der Waals surface area contributed by atoms with Crippen molar-refractivity contribution in [3.63, 3.8) is 0 Å². The molecule has 0 saturated carbocycles. The number of rotatable bonds is 5. The molecule has 3 nitrogen and oxygen atoms in total. The highest BCUT2D eigenvalue weighted by Crippen LogP contribution is 2.48. The molecule has 0 aliphatic heterocycles. The lowest BCUT2D eigenvalue weighted by molar-refractivity contribution is 0.672. The van der Waals surface area contributed by atoms with Gasteiger partial charge < -0.3 is 13.9 Å². The van der Waals surface area contributed by atoms with Crippen LogP contribution in [0.4, 0.5) is 17.1 Å².